The van der Waals surface area contributed by atoms with Gasteiger partial charge in [-0.25, -0.2) is 0 Å². The van der Waals surface area contributed by atoms with Gasteiger partial charge in [-0.3, -0.25) is 10.1 Å². The number of aliphatic hydroxyl groups excluding tert-OH is 1. The average molecular weight is 253 g/mol. The van der Waals surface area contributed by atoms with E-state index >= 15 is 0 Å². The monoisotopic (exact) mass is 253 g/mol. The number of hydrogen-bond donors (Lipinski definition) is 1. The van der Waals surface area contributed by atoms with Gasteiger partial charge >= 0.3 is 0 Å². The first-order valence-corrected chi connectivity index (χ1v) is 6.14. The highest BCUT2D eigenvalue weighted by Crippen LogP contribution is 2.24. The minimum atomic E-state index is -0.423. The molecule has 100 valence electrons. The molecule has 0 saturated carbocycles. The minimum Gasteiger partial charge on any atom is -0.493 e. The van der Waals surface area contributed by atoms with E-state index in [9.17, 15) is 10.1 Å². The summed E-state index contributed by atoms with van der Waals surface area (Å²) in [5.74, 6) is 0.575. The highest BCUT2D eigenvalue weighted by atomic mass is 16.6. The summed E-state index contributed by atoms with van der Waals surface area (Å²) in [5, 5.41) is 19.3. The predicted molar refractivity (Wildman–Crippen MR) is 68.9 cm³/mol. The number of nitro benzene ring substituents is 1. The van der Waals surface area contributed by atoms with Gasteiger partial charge in [0.25, 0.3) is 5.69 Å². The van der Waals surface area contributed by atoms with Crippen LogP contribution in [0.4, 0.5) is 5.69 Å². The Bertz CT molecular complexity index is 393. The summed E-state index contributed by atoms with van der Waals surface area (Å²) in [5.41, 5.74) is 0.951. The maximum atomic E-state index is 10.6. The molecular weight excluding hydrogens is 234 g/mol. The first-order chi connectivity index (χ1) is 8.65. The van der Waals surface area contributed by atoms with Gasteiger partial charge in [0.05, 0.1) is 17.6 Å². The molecule has 0 aliphatic carbocycles. The number of hydrogen-bond acceptors (Lipinski definition) is 4. The Morgan fingerprint density at radius 3 is 2.67 bits per heavy atom. The van der Waals surface area contributed by atoms with Crippen LogP contribution >= 0.6 is 0 Å². The van der Waals surface area contributed by atoms with Gasteiger partial charge in [-0.15, -0.1) is 0 Å². The fourth-order valence-corrected chi connectivity index (χ4v) is 1.61. The minimum absolute atomic E-state index is 0.0517. The molecule has 0 aromatic heterocycles. The van der Waals surface area contributed by atoms with Crippen LogP contribution in [0.25, 0.3) is 0 Å². The topological polar surface area (TPSA) is 72.6 Å². The van der Waals surface area contributed by atoms with Crippen LogP contribution in [0.1, 0.15) is 31.2 Å². The molecule has 18 heavy (non-hydrogen) atoms. The Hall–Kier alpha value is -1.62. The number of nitrogens with zero attached hydrogens (tertiary/aromatic N) is 1. The Morgan fingerprint density at radius 1 is 1.28 bits per heavy atom. The second-order valence-corrected chi connectivity index (χ2v) is 4.19. The van der Waals surface area contributed by atoms with Crippen LogP contribution < -0.4 is 4.74 Å². The Morgan fingerprint density at radius 2 is 2.00 bits per heavy atom. The fraction of sp³-hybridized carbons (Fsp3) is 0.538. The lowest BCUT2D eigenvalue weighted by Gasteiger charge is -2.08. The molecule has 1 N–H and O–H groups in total. The normalized spacial score (nSPS) is 10.3. The van der Waals surface area contributed by atoms with Gasteiger partial charge in [-0.05, 0) is 37.8 Å². The zero-order valence-electron chi connectivity index (χ0n) is 10.6. The van der Waals surface area contributed by atoms with Gasteiger partial charge in [0.2, 0.25) is 0 Å². The van der Waals surface area contributed by atoms with Crippen molar-refractivity contribution in [1.82, 2.24) is 0 Å². The second kappa shape index (κ2) is 7.66. The largest absolute Gasteiger partial charge is 0.493 e. The van der Waals surface area contributed by atoms with Crippen molar-refractivity contribution in [1.29, 1.82) is 0 Å². The van der Waals surface area contributed by atoms with Crippen LogP contribution in [0.5, 0.6) is 5.75 Å². The molecule has 1 aromatic carbocycles. The molecule has 0 fully saturated rings. The van der Waals surface area contributed by atoms with Crippen molar-refractivity contribution in [2.75, 3.05) is 13.2 Å². The summed E-state index contributed by atoms with van der Waals surface area (Å²) in [4.78, 5) is 10.2. The maximum Gasteiger partial charge on any atom is 0.273 e. The molecule has 0 bridgehead atoms. The molecule has 0 saturated heterocycles. The fourth-order valence-electron chi connectivity index (χ4n) is 1.61. The van der Waals surface area contributed by atoms with Crippen molar-refractivity contribution >= 4 is 5.69 Å². The molecule has 5 nitrogen and oxygen atoms in total. The second-order valence-electron chi connectivity index (χ2n) is 4.19. The summed E-state index contributed by atoms with van der Waals surface area (Å²) in [6.07, 6.45) is 3.68. The van der Waals surface area contributed by atoms with Crippen LogP contribution in [-0.2, 0) is 0 Å². The molecule has 0 aliphatic rings. The molecule has 0 heterocycles. The molecule has 0 spiro atoms. The summed E-state index contributed by atoms with van der Waals surface area (Å²) >= 11 is 0. The number of nitro groups is 1. The first-order valence-electron chi connectivity index (χ1n) is 6.14. The number of aliphatic hydroxyl groups is 1. The number of rotatable bonds is 8. The van der Waals surface area contributed by atoms with Gasteiger partial charge < -0.3 is 9.84 Å². The molecule has 1 rings (SSSR count). The first kappa shape index (κ1) is 14.4. The van der Waals surface area contributed by atoms with Crippen molar-refractivity contribution in [3.8, 4) is 5.75 Å². The highest BCUT2D eigenvalue weighted by Gasteiger charge is 2.09. The van der Waals surface area contributed by atoms with Crippen molar-refractivity contribution < 1.29 is 14.8 Å². The van der Waals surface area contributed by atoms with Gasteiger partial charge in [0.1, 0.15) is 5.75 Å². The van der Waals surface area contributed by atoms with E-state index in [-0.39, 0.29) is 12.3 Å². The Labute approximate surface area is 107 Å². The Balaban J connectivity index is 2.41. The summed E-state index contributed by atoms with van der Waals surface area (Å²) in [6.45, 7) is 2.64. The SMILES string of the molecule is Cc1ccc([N+](=O)[O-])cc1OCCCCCCO. The molecule has 0 unspecified atom stereocenters. The van der Waals surface area contributed by atoms with Crippen LogP contribution in [0.3, 0.4) is 0 Å². The van der Waals surface area contributed by atoms with Crippen LogP contribution in [0.2, 0.25) is 0 Å². The van der Waals surface area contributed by atoms with Gasteiger partial charge in [0, 0.05) is 12.7 Å². The van der Waals surface area contributed by atoms with E-state index in [1.807, 2.05) is 6.92 Å². The molecule has 0 aliphatic heterocycles. The number of aryl methyl sites for hydroxylation is 1. The number of benzene rings is 1. The molecule has 5 heteroatoms. The number of ether oxygens (including phenoxy) is 1. The molecule has 1 aromatic rings. The van der Waals surface area contributed by atoms with Crippen LogP contribution in [0.15, 0.2) is 18.2 Å². The smallest absolute Gasteiger partial charge is 0.273 e. The van der Waals surface area contributed by atoms with Crippen molar-refractivity contribution in [3.05, 3.63) is 33.9 Å². The Kier molecular flexibility index (Phi) is 6.14. The third kappa shape index (κ3) is 4.71. The van der Waals surface area contributed by atoms with Gasteiger partial charge in [0.15, 0.2) is 0 Å². The number of unbranched alkanes of at least 4 members (excludes halogenated alkanes) is 3. The van der Waals surface area contributed by atoms with Gasteiger partial charge in [-0.1, -0.05) is 6.42 Å². The third-order valence-corrected chi connectivity index (χ3v) is 2.69. The van der Waals surface area contributed by atoms with Crippen molar-refractivity contribution in [2.45, 2.75) is 32.6 Å². The van der Waals surface area contributed by atoms with Crippen LogP contribution in [0, 0.1) is 17.0 Å². The maximum absolute atomic E-state index is 10.6. The van der Waals surface area contributed by atoms with E-state index in [0.717, 1.165) is 31.2 Å². The molecule has 0 radical (unpaired) electrons. The summed E-state index contributed by atoms with van der Waals surface area (Å²) in [7, 11) is 0. The summed E-state index contributed by atoms with van der Waals surface area (Å²) < 4.78 is 5.54. The van der Waals surface area contributed by atoms with Crippen LogP contribution in [-0.4, -0.2) is 23.2 Å². The van der Waals surface area contributed by atoms with E-state index < -0.39 is 4.92 Å². The van der Waals surface area contributed by atoms with E-state index in [1.54, 1.807) is 6.07 Å². The van der Waals surface area contributed by atoms with E-state index in [4.69, 9.17) is 9.84 Å². The summed E-state index contributed by atoms with van der Waals surface area (Å²) in [6, 6.07) is 4.63. The van der Waals surface area contributed by atoms with E-state index in [0.29, 0.717) is 12.4 Å². The lowest BCUT2D eigenvalue weighted by Crippen LogP contribution is -2.00. The van der Waals surface area contributed by atoms with E-state index in [1.165, 1.54) is 12.1 Å². The van der Waals surface area contributed by atoms with Crippen molar-refractivity contribution in [3.63, 3.8) is 0 Å². The zero-order valence-corrected chi connectivity index (χ0v) is 10.6. The quantitative estimate of drug-likeness (QED) is 0.439. The average Bonchev–Trinajstić information content (AvgIpc) is 2.35. The molecule has 0 amide bonds. The van der Waals surface area contributed by atoms with Gasteiger partial charge in [-0.2, -0.15) is 0 Å². The lowest BCUT2D eigenvalue weighted by atomic mass is 10.2. The molecular formula is C13H19NO4. The lowest BCUT2D eigenvalue weighted by molar-refractivity contribution is -0.384. The number of non-ortho nitro benzene ring substituents is 1. The predicted octanol–water partition coefficient (Wildman–Crippen LogP) is 2.83. The van der Waals surface area contributed by atoms with E-state index in [2.05, 4.69) is 0 Å². The molecule has 0 atom stereocenters. The zero-order chi connectivity index (χ0) is 13.4. The standard InChI is InChI=1S/C13H19NO4/c1-11-6-7-12(14(16)17)10-13(11)18-9-5-3-2-4-8-15/h6-7,10,15H,2-5,8-9H2,1H3. The third-order valence-electron chi connectivity index (χ3n) is 2.69. The highest BCUT2D eigenvalue weighted by molar-refractivity contribution is 5.43. The van der Waals surface area contributed by atoms with Crippen molar-refractivity contribution in [2.24, 2.45) is 0 Å².